The molecule has 1 rings (SSSR count). The first kappa shape index (κ1) is 7.92. The van der Waals surface area contributed by atoms with Crippen LogP contribution in [0.25, 0.3) is 0 Å². The van der Waals surface area contributed by atoms with Gasteiger partial charge in [-0.15, -0.1) is 0 Å². The molecule has 2 radical (unpaired) electrons. The van der Waals surface area contributed by atoms with Crippen molar-refractivity contribution in [2.75, 3.05) is 7.11 Å². The van der Waals surface area contributed by atoms with Crippen LogP contribution in [-0.2, 0) is 16.0 Å². The van der Waals surface area contributed by atoms with Crippen molar-refractivity contribution in [3.63, 3.8) is 0 Å². The molecule has 0 atom stereocenters. The summed E-state index contributed by atoms with van der Waals surface area (Å²) in [5, 5.41) is 0. The molecule has 1 aromatic rings. The minimum absolute atomic E-state index is 0.133. The first-order chi connectivity index (χ1) is 5.22. The zero-order valence-corrected chi connectivity index (χ0v) is 6.16. The third kappa shape index (κ3) is 2.15. The fourth-order valence-corrected chi connectivity index (χ4v) is 0.704. The van der Waals surface area contributed by atoms with Crippen molar-refractivity contribution in [1.29, 1.82) is 0 Å². The second-order valence-electron chi connectivity index (χ2n) is 2.06. The van der Waals surface area contributed by atoms with Crippen LogP contribution in [0.15, 0.2) is 16.5 Å². The Bertz CT molecular complexity index is 254. The number of esters is 1. The summed E-state index contributed by atoms with van der Waals surface area (Å²) in [6.07, 6.45) is 0.133. The Balaban J connectivity index is 2.57. The largest absolute Gasteiger partial charge is 0.477 e. The molecule has 1 heterocycles. The van der Waals surface area contributed by atoms with E-state index >= 15 is 0 Å². The van der Waals surface area contributed by atoms with Crippen LogP contribution in [0.2, 0.25) is 0 Å². The molecule has 11 heavy (non-hydrogen) atoms. The first-order valence-electron chi connectivity index (χ1n) is 3.13. The Hall–Kier alpha value is -1.19. The summed E-state index contributed by atoms with van der Waals surface area (Å²) in [4.78, 5) is 10.7. The highest BCUT2D eigenvalue weighted by atomic mass is 16.5. The van der Waals surface area contributed by atoms with Crippen LogP contribution in [0.4, 0.5) is 0 Å². The lowest BCUT2D eigenvalue weighted by molar-refractivity contribution is -0.140. The van der Waals surface area contributed by atoms with E-state index in [9.17, 15) is 4.79 Å². The lowest BCUT2D eigenvalue weighted by atomic mass is 10.1. The van der Waals surface area contributed by atoms with Crippen LogP contribution in [-0.4, -0.2) is 20.9 Å². The Morgan fingerprint density at radius 2 is 2.45 bits per heavy atom. The smallest absolute Gasteiger partial charge is 0.313 e. The van der Waals surface area contributed by atoms with Crippen molar-refractivity contribution < 1.29 is 13.9 Å². The van der Waals surface area contributed by atoms with Crippen LogP contribution in [0.1, 0.15) is 5.76 Å². The molecule has 0 aliphatic rings. The molecule has 0 aliphatic carbocycles. The SMILES string of the molecule is [B]c1ccc(CC(=O)OC)o1. The first-order valence-corrected chi connectivity index (χ1v) is 3.13. The van der Waals surface area contributed by atoms with E-state index < -0.39 is 0 Å². The molecule has 0 amide bonds. The molecule has 4 heteroatoms. The summed E-state index contributed by atoms with van der Waals surface area (Å²) in [5.41, 5.74) is 0.309. The van der Waals surface area contributed by atoms with Crippen molar-refractivity contribution in [1.82, 2.24) is 0 Å². The molecule has 0 unspecified atom stereocenters. The molecule has 0 aromatic carbocycles. The zero-order valence-electron chi connectivity index (χ0n) is 6.16. The molecular formula is C7H7BO3. The van der Waals surface area contributed by atoms with Gasteiger partial charge in [0.05, 0.1) is 7.11 Å². The average molecular weight is 150 g/mol. The molecular weight excluding hydrogens is 143 g/mol. The van der Waals surface area contributed by atoms with Gasteiger partial charge in [0.15, 0.2) is 7.85 Å². The van der Waals surface area contributed by atoms with E-state index in [1.54, 1.807) is 12.1 Å². The number of methoxy groups -OCH3 is 1. The van der Waals surface area contributed by atoms with Crippen molar-refractivity contribution >= 4 is 19.5 Å². The van der Waals surface area contributed by atoms with Crippen LogP contribution in [0, 0.1) is 0 Å². The van der Waals surface area contributed by atoms with E-state index in [-0.39, 0.29) is 12.4 Å². The van der Waals surface area contributed by atoms with Crippen LogP contribution in [0.3, 0.4) is 0 Å². The number of rotatable bonds is 2. The highest BCUT2D eigenvalue weighted by molar-refractivity contribution is 6.29. The summed E-state index contributed by atoms with van der Waals surface area (Å²) < 4.78 is 9.36. The van der Waals surface area contributed by atoms with Gasteiger partial charge in [-0.1, -0.05) is 0 Å². The fraction of sp³-hybridized carbons (Fsp3) is 0.286. The van der Waals surface area contributed by atoms with E-state index in [1.807, 2.05) is 0 Å². The monoisotopic (exact) mass is 150 g/mol. The van der Waals surface area contributed by atoms with E-state index in [4.69, 9.17) is 12.3 Å². The topological polar surface area (TPSA) is 39.4 Å². The maximum absolute atomic E-state index is 10.7. The zero-order chi connectivity index (χ0) is 8.27. The Labute approximate surface area is 65.7 Å². The highest BCUT2D eigenvalue weighted by Gasteiger charge is 2.04. The lowest BCUT2D eigenvalue weighted by Gasteiger charge is -1.93. The van der Waals surface area contributed by atoms with Gasteiger partial charge in [0.25, 0.3) is 0 Å². The average Bonchev–Trinajstić information content (AvgIpc) is 2.35. The lowest BCUT2D eigenvalue weighted by Crippen LogP contribution is -2.04. The Kier molecular flexibility index (Phi) is 2.36. The molecule has 0 N–H and O–H groups in total. The normalized spacial score (nSPS) is 9.55. The number of furan rings is 1. The summed E-state index contributed by atoms with van der Waals surface area (Å²) in [6.45, 7) is 0. The van der Waals surface area contributed by atoms with Gasteiger partial charge in [0.1, 0.15) is 12.2 Å². The quantitative estimate of drug-likeness (QED) is 0.432. The van der Waals surface area contributed by atoms with E-state index in [0.29, 0.717) is 11.4 Å². The summed E-state index contributed by atoms with van der Waals surface area (Å²) in [7, 11) is 6.60. The number of carbonyl (C=O) groups is 1. The van der Waals surface area contributed by atoms with Crippen molar-refractivity contribution in [2.45, 2.75) is 6.42 Å². The maximum atomic E-state index is 10.7. The van der Waals surface area contributed by atoms with Gasteiger partial charge in [-0.25, -0.2) is 0 Å². The maximum Gasteiger partial charge on any atom is 0.313 e. The number of hydrogen-bond donors (Lipinski definition) is 0. The van der Waals surface area contributed by atoms with Crippen molar-refractivity contribution in [2.24, 2.45) is 0 Å². The molecule has 0 saturated carbocycles. The summed E-state index contributed by atoms with van der Waals surface area (Å²) in [5.74, 6) is 0.189. The molecule has 3 nitrogen and oxygen atoms in total. The van der Waals surface area contributed by atoms with Crippen LogP contribution in [0.5, 0.6) is 0 Å². The van der Waals surface area contributed by atoms with E-state index in [0.717, 1.165) is 0 Å². The minimum atomic E-state index is -0.334. The fourth-order valence-electron chi connectivity index (χ4n) is 0.704. The Morgan fingerprint density at radius 1 is 1.73 bits per heavy atom. The standard InChI is InChI=1S/C7H7BO3/c1-10-7(9)4-5-2-3-6(8)11-5/h2-3H,4H2,1H3. The second kappa shape index (κ2) is 3.28. The van der Waals surface area contributed by atoms with Gasteiger partial charge >= 0.3 is 5.97 Å². The third-order valence-electron chi connectivity index (χ3n) is 1.23. The van der Waals surface area contributed by atoms with E-state index in [1.165, 1.54) is 7.11 Å². The highest BCUT2D eigenvalue weighted by Crippen LogP contribution is 1.98. The van der Waals surface area contributed by atoms with Crippen LogP contribution >= 0.6 is 0 Å². The molecule has 0 aliphatic heterocycles. The van der Waals surface area contributed by atoms with Gasteiger partial charge in [-0.05, 0) is 12.1 Å². The second-order valence-corrected chi connectivity index (χ2v) is 2.06. The third-order valence-corrected chi connectivity index (χ3v) is 1.23. The van der Waals surface area contributed by atoms with Gasteiger partial charge in [0, 0.05) is 5.66 Å². The number of ether oxygens (including phenoxy) is 1. The number of carbonyl (C=O) groups excluding carboxylic acids is 1. The Morgan fingerprint density at radius 3 is 2.91 bits per heavy atom. The van der Waals surface area contributed by atoms with Crippen LogP contribution < -0.4 is 5.66 Å². The molecule has 56 valence electrons. The van der Waals surface area contributed by atoms with Gasteiger partial charge in [0.2, 0.25) is 0 Å². The van der Waals surface area contributed by atoms with Crippen molar-refractivity contribution in [3.05, 3.63) is 17.9 Å². The summed E-state index contributed by atoms with van der Waals surface area (Å²) in [6, 6.07) is 3.24. The molecule has 0 bridgehead atoms. The molecule has 1 aromatic heterocycles. The summed E-state index contributed by atoms with van der Waals surface area (Å²) >= 11 is 0. The predicted molar refractivity (Wildman–Crippen MR) is 39.8 cm³/mol. The number of hydrogen-bond acceptors (Lipinski definition) is 3. The van der Waals surface area contributed by atoms with Gasteiger partial charge in [-0.3, -0.25) is 4.79 Å². The molecule has 0 fully saturated rings. The van der Waals surface area contributed by atoms with Crippen molar-refractivity contribution in [3.8, 4) is 0 Å². The molecule has 0 saturated heterocycles. The predicted octanol–water partition coefficient (Wildman–Crippen LogP) is -0.211. The van der Waals surface area contributed by atoms with E-state index in [2.05, 4.69) is 4.74 Å². The molecule has 0 spiro atoms. The minimum Gasteiger partial charge on any atom is -0.477 e. The van der Waals surface area contributed by atoms with Gasteiger partial charge in [-0.2, -0.15) is 0 Å². The van der Waals surface area contributed by atoms with Gasteiger partial charge < -0.3 is 9.15 Å².